The molecule has 0 heterocycles. The van der Waals surface area contributed by atoms with Crippen LogP contribution in [0.1, 0.15) is 26.3 Å². The monoisotopic (exact) mass is 420 g/mol. The highest BCUT2D eigenvalue weighted by Crippen LogP contribution is 2.38. The van der Waals surface area contributed by atoms with Gasteiger partial charge in [0.1, 0.15) is 11.3 Å². The summed E-state index contributed by atoms with van der Waals surface area (Å²) in [5.74, 6) is -1.23. The average molecular weight is 420 g/mol. The highest BCUT2D eigenvalue weighted by molar-refractivity contribution is 7.80. The molecule has 10 heteroatoms. The number of nitrogens with one attached hydrogen (secondary N) is 2. The Hall–Kier alpha value is -3.53. The summed E-state index contributed by atoms with van der Waals surface area (Å²) in [5, 5.41) is 24.1. The highest BCUT2D eigenvalue weighted by atomic mass is 32.1. The lowest BCUT2D eigenvalue weighted by molar-refractivity contribution is 0.0693. The Balaban J connectivity index is 2.22. The number of aromatic hydroxyl groups is 1. The predicted octanol–water partition coefficient (Wildman–Crippen LogP) is 2.55. The summed E-state index contributed by atoms with van der Waals surface area (Å²) >= 11 is 5.13. The van der Waals surface area contributed by atoms with Crippen LogP contribution in [0.25, 0.3) is 0 Å². The molecule has 0 saturated carbocycles. The van der Waals surface area contributed by atoms with E-state index in [0.717, 1.165) is 0 Å². The number of aryl methyl sites for hydroxylation is 1. The van der Waals surface area contributed by atoms with Gasteiger partial charge < -0.3 is 29.7 Å². The lowest BCUT2D eigenvalue weighted by Gasteiger charge is -2.15. The first-order chi connectivity index (χ1) is 13.7. The minimum atomic E-state index is -1.29. The number of ether oxygens (including phenoxy) is 3. The summed E-state index contributed by atoms with van der Waals surface area (Å²) in [7, 11) is 4.31. The second kappa shape index (κ2) is 9.11. The zero-order valence-corrected chi connectivity index (χ0v) is 17.0. The van der Waals surface area contributed by atoms with Crippen molar-refractivity contribution in [2.45, 2.75) is 6.92 Å². The number of anilines is 1. The number of thiocarbonyl (C=S) groups is 1. The fourth-order valence-corrected chi connectivity index (χ4v) is 2.78. The molecule has 0 atom stereocenters. The molecule has 1 amide bonds. The van der Waals surface area contributed by atoms with Gasteiger partial charge in [0, 0.05) is 11.3 Å². The average Bonchev–Trinajstić information content (AvgIpc) is 2.68. The number of carboxylic acid groups (broad SMARTS) is 1. The second-order valence-corrected chi connectivity index (χ2v) is 6.22. The van der Waals surface area contributed by atoms with E-state index >= 15 is 0 Å². The number of methoxy groups -OCH3 is 3. The quantitative estimate of drug-likeness (QED) is 0.412. The molecule has 0 aliphatic heterocycles. The van der Waals surface area contributed by atoms with E-state index in [4.69, 9.17) is 31.5 Å². The van der Waals surface area contributed by atoms with E-state index in [0.29, 0.717) is 28.5 Å². The molecule has 2 rings (SSSR count). The van der Waals surface area contributed by atoms with E-state index in [1.165, 1.54) is 45.6 Å². The topological polar surface area (TPSA) is 126 Å². The Labute approximate surface area is 172 Å². The van der Waals surface area contributed by atoms with E-state index in [2.05, 4.69) is 10.6 Å². The Bertz CT molecular complexity index is 950. The van der Waals surface area contributed by atoms with Crippen LogP contribution in [-0.4, -0.2) is 48.5 Å². The molecule has 29 heavy (non-hydrogen) atoms. The molecule has 0 aromatic heterocycles. The van der Waals surface area contributed by atoms with Crippen LogP contribution in [0.5, 0.6) is 23.0 Å². The van der Waals surface area contributed by atoms with Gasteiger partial charge in [-0.15, -0.1) is 0 Å². The molecule has 0 spiro atoms. The number of benzene rings is 2. The SMILES string of the molecule is COc1cc(C(=O)NC(=S)Nc2cc(C)c(O)c(C(=O)O)c2)cc(OC)c1OC. The van der Waals surface area contributed by atoms with Gasteiger partial charge in [-0.25, -0.2) is 4.79 Å². The van der Waals surface area contributed by atoms with E-state index < -0.39 is 11.9 Å². The molecule has 0 aliphatic carbocycles. The predicted molar refractivity (Wildman–Crippen MR) is 110 cm³/mol. The summed E-state index contributed by atoms with van der Waals surface area (Å²) in [5.41, 5.74) is 0.557. The van der Waals surface area contributed by atoms with E-state index in [1.54, 1.807) is 6.92 Å². The Morgan fingerprint density at radius 1 is 1.00 bits per heavy atom. The zero-order chi connectivity index (χ0) is 21.7. The van der Waals surface area contributed by atoms with Crippen LogP contribution in [0, 0.1) is 6.92 Å². The third-order valence-corrected chi connectivity index (χ3v) is 4.15. The van der Waals surface area contributed by atoms with Crippen LogP contribution in [0.3, 0.4) is 0 Å². The largest absolute Gasteiger partial charge is 0.507 e. The molecule has 154 valence electrons. The molecule has 0 bridgehead atoms. The molecular formula is C19H20N2O7S. The van der Waals surface area contributed by atoms with Crippen molar-refractivity contribution in [2.75, 3.05) is 26.6 Å². The Kier molecular flexibility index (Phi) is 6.84. The number of phenols is 1. The molecule has 0 radical (unpaired) electrons. The van der Waals surface area contributed by atoms with Gasteiger partial charge in [0.05, 0.1) is 21.3 Å². The fraction of sp³-hybridized carbons (Fsp3) is 0.211. The smallest absolute Gasteiger partial charge is 0.339 e. The maximum atomic E-state index is 12.6. The van der Waals surface area contributed by atoms with E-state index in [-0.39, 0.29) is 22.0 Å². The van der Waals surface area contributed by atoms with E-state index in [9.17, 15) is 14.7 Å². The van der Waals surface area contributed by atoms with Crippen molar-refractivity contribution in [1.29, 1.82) is 0 Å². The number of carbonyl (C=O) groups excluding carboxylic acids is 1. The lowest BCUT2D eigenvalue weighted by atomic mass is 10.1. The number of amides is 1. The van der Waals surface area contributed by atoms with Gasteiger partial charge in [-0.2, -0.15) is 0 Å². The van der Waals surface area contributed by atoms with Gasteiger partial charge in [-0.05, 0) is 49.0 Å². The van der Waals surface area contributed by atoms with Gasteiger partial charge >= 0.3 is 5.97 Å². The standard InChI is InChI=1S/C19H20N2O7S/c1-9-5-11(8-12(15(9)22)18(24)25)20-19(29)21-17(23)10-6-13(26-2)16(28-4)14(7-10)27-3/h5-8,22H,1-4H3,(H,24,25)(H2,20,21,23,29). The van der Waals surface area contributed by atoms with Gasteiger partial charge in [0.2, 0.25) is 5.75 Å². The fourth-order valence-electron chi connectivity index (χ4n) is 2.56. The molecule has 9 nitrogen and oxygen atoms in total. The van der Waals surface area contributed by atoms with Crippen LogP contribution in [0.15, 0.2) is 24.3 Å². The summed E-state index contributed by atoms with van der Waals surface area (Å²) in [4.78, 5) is 23.8. The van der Waals surface area contributed by atoms with Crippen LogP contribution in [0.4, 0.5) is 5.69 Å². The molecule has 4 N–H and O–H groups in total. The molecule has 0 aliphatic rings. The van der Waals surface area contributed by atoms with Crippen molar-refractivity contribution in [2.24, 2.45) is 0 Å². The van der Waals surface area contributed by atoms with Gasteiger partial charge in [-0.3, -0.25) is 10.1 Å². The van der Waals surface area contributed by atoms with Crippen molar-refractivity contribution in [3.8, 4) is 23.0 Å². The summed E-state index contributed by atoms with van der Waals surface area (Å²) in [6.45, 7) is 1.55. The Morgan fingerprint density at radius 2 is 1.59 bits per heavy atom. The molecule has 2 aromatic rings. The summed E-state index contributed by atoms with van der Waals surface area (Å²) in [6, 6.07) is 5.64. The first-order valence-corrected chi connectivity index (χ1v) is 8.61. The number of rotatable bonds is 6. The molecule has 0 unspecified atom stereocenters. The third-order valence-electron chi connectivity index (χ3n) is 3.94. The molecule has 0 fully saturated rings. The number of hydrogen-bond acceptors (Lipinski definition) is 7. The summed E-state index contributed by atoms with van der Waals surface area (Å²) in [6.07, 6.45) is 0. The number of carboxylic acids is 1. The van der Waals surface area contributed by atoms with Gasteiger partial charge in [-0.1, -0.05) is 0 Å². The van der Waals surface area contributed by atoms with Crippen molar-refractivity contribution in [3.63, 3.8) is 0 Å². The number of aromatic carboxylic acids is 1. The third kappa shape index (κ3) is 4.85. The normalized spacial score (nSPS) is 10.1. The number of carbonyl (C=O) groups is 2. The minimum Gasteiger partial charge on any atom is -0.507 e. The maximum absolute atomic E-state index is 12.6. The minimum absolute atomic E-state index is 0.0646. The zero-order valence-electron chi connectivity index (χ0n) is 16.2. The number of hydrogen-bond donors (Lipinski definition) is 4. The lowest BCUT2D eigenvalue weighted by Crippen LogP contribution is -2.34. The molecular weight excluding hydrogens is 400 g/mol. The van der Waals surface area contributed by atoms with Crippen molar-refractivity contribution < 1.29 is 34.0 Å². The Morgan fingerprint density at radius 3 is 2.07 bits per heavy atom. The molecule has 0 saturated heterocycles. The highest BCUT2D eigenvalue weighted by Gasteiger charge is 2.18. The van der Waals surface area contributed by atoms with Crippen molar-refractivity contribution >= 4 is 34.9 Å². The first kappa shape index (κ1) is 21.8. The van der Waals surface area contributed by atoms with Gasteiger partial charge in [0.25, 0.3) is 5.91 Å². The van der Waals surface area contributed by atoms with Crippen molar-refractivity contribution in [3.05, 3.63) is 41.0 Å². The van der Waals surface area contributed by atoms with E-state index in [1.807, 2.05) is 0 Å². The maximum Gasteiger partial charge on any atom is 0.339 e. The summed E-state index contributed by atoms with van der Waals surface area (Å²) < 4.78 is 15.7. The molecule has 2 aromatic carbocycles. The second-order valence-electron chi connectivity index (χ2n) is 5.82. The van der Waals surface area contributed by atoms with Crippen LogP contribution in [0.2, 0.25) is 0 Å². The van der Waals surface area contributed by atoms with Crippen LogP contribution < -0.4 is 24.8 Å². The van der Waals surface area contributed by atoms with Crippen LogP contribution in [-0.2, 0) is 0 Å². The van der Waals surface area contributed by atoms with Gasteiger partial charge in [0.15, 0.2) is 16.6 Å². The van der Waals surface area contributed by atoms with Crippen LogP contribution >= 0.6 is 12.2 Å². The van der Waals surface area contributed by atoms with Crippen molar-refractivity contribution in [1.82, 2.24) is 5.32 Å². The first-order valence-electron chi connectivity index (χ1n) is 8.21.